The van der Waals surface area contributed by atoms with Crippen molar-refractivity contribution in [3.05, 3.63) is 54.6 Å². The molecule has 2 amide bonds. The van der Waals surface area contributed by atoms with Crippen LogP contribution in [0.15, 0.2) is 49.6 Å². The first-order valence-corrected chi connectivity index (χ1v) is 14.6. The van der Waals surface area contributed by atoms with Gasteiger partial charge >= 0.3 is 5.97 Å². The normalized spacial score (nSPS) is 31.1. The number of aliphatic hydroxyl groups excluding tert-OH is 1. The number of hydrogen-bond acceptors (Lipinski definition) is 6. The molecule has 1 aromatic rings. The number of aliphatic hydroxyl groups is 1. The van der Waals surface area contributed by atoms with E-state index in [2.05, 4.69) is 13.2 Å². The van der Waals surface area contributed by atoms with Gasteiger partial charge in [-0.15, -0.1) is 13.2 Å². The number of hydrogen-bond donors (Lipinski definition) is 1. The van der Waals surface area contributed by atoms with Crippen LogP contribution >= 0.6 is 11.6 Å². The van der Waals surface area contributed by atoms with E-state index in [0.717, 1.165) is 12.8 Å². The summed E-state index contributed by atoms with van der Waals surface area (Å²) in [5.74, 6) is -3.11. The van der Waals surface area contributed by atoms with Crippen LogP contribution in [0.2, 0.25) is 5.02 Å². The van der Waals surface area contributed by atoms with Crippen molar-refractivity contribution >= 4 is 35.1 Å². The number of allylic oxidation sites excluding steroid dienone is 1. The summed E-state index contributed by atoms with van der Waals surface area (Å²) in [4.78, 5) is 45.5. The Kier molecular flexibility index (Phi) is 9.12. The molecule has 3 aliphatic rings. The molecular formula is C31H41ClN2O6. The highest BCUT2D eigenvalue weighted by Crippen LogP contribution is 2.65. The fourth-order valence-corrected chi connectivity index (χ4v) is 7.27. The molecular weight excluding hydrogens is 532 g/mol. The van der Waals surface area contributed by atoms with Crippen LogP contribution in [0.25, 0.3) is 0 Å². The summed E-state index contributed by atoms with van der Waals surface area (Å²) in [6.07, 6.45) is 6.63. The molecule has 218 valence electrons. The van der Waals surface area contributed by atoms with Crippen molar-refractivity contribution in [2.75, 3.05) is 24.7 Å². The summed E-state index contributed by atoms with van der Waals surface area (Å²) in [7, 11) is 0. The Balaban J connectivity index is 1.78. The zero-order valence-corrected chi connectivity index (χ0v) is 24.4. The number of fused-ring (bicyclic) bond motifs is 1. The van der Waals surface area contributed by atoms with Crippen LogP contribution in [-0.4, -0.2) is 70.8 Å². The minimum absolute atomic E-state index is 0.118. The number of para-hydroxylation sites is 1. The summed E-state index contributed by atoms with van der Waals surface area (Å²) in [6.45, 7) is 13.3. The summed E-state index contributed by atoms with van der Waals surface area (Å²) >= 11 is 6.52. The number of carbonyl (C=O) groups is 3. The fraction of sp³-hybridized carbons (Fsp3) is 0.581. The van der Waals surface area contributed by atoms with Gasteiger partial charge in [-0.25, -0.2) is 0 Å². The number of unbranched alkanes of at least 4 members (excludes halogenated alkanes) is 2. The van der Waals surface area contributed by atoms with Gasteiger partial charge in [0.2, 0.25) is 5.91 Å². The van der Waals surface area contributed by atoms with Crippen molar-refractivity contribution in [3.8, 4) is 0 Å². The zero-order chi connectivity index (χ0) is 29.2. The number of ether oxygens (including phenoxy) is 2. The van der Waals surface area contributed by atoms with E-state index in [0.29, 0.717) is 30.0 Å². The third-order valence-corrected chi connectivity index (χ3v) is 9.40. The maximum Gasteiger partial charge on any atom is 0.312 e. The molecule has 1 aromatic carbocycles. The fourth-order valence-electron chi connectivity index (χ4n) is 7.03. The number of anilines is 1. The highest BCUT2D eigenvalue weighted by atomic mass is 35.5. The smallest absolute Gasteiger partial charge is 0.312 e. The van der Waals surface area contributed by atoms with E-state index in [4.69, 9.17) is 21.1 Å². The molecule has 0 radical (unpaired) electrons. The van der Waals surface area contributed by atoms with E-state index in [1.54, 1.807) is 30.3 Å². The number of carbonyl (C=O) groups excluding carboxylic acids is 3. The predicted molar refractivity (Wildman–Crippen MR) is 154 cm³/mol. The molecule has 4 rings (SSSR count). The molecule has 8 nitrogen and oxygen atoms in total. The van der Waals surface area contributed by atoms with Gasteiger partial charge in [-0.3, -0.25) is 14.4 Å². The molecule has 40 heavy (non-hydrogen) atoms. The molecule has 3 aliphatic heterocycles. The van der Waals surface area contributed by atoms with Gasteiger partial charge in [0.15, 0.2) is 0 Å². The molecule has 0 saturated carbocycles. The highest BCUT2D eigenvalue weighted by molar-refractivity contribution is 6.34. The molecule has 0 aliphatic carbocycles. The first-order valence-electron chi connectivity index (χ1n) is 14.2. The van der Waals surface area contributed by atoms with Gasteiger partial charge in [-0.1, -0.05) is 49.7 Å². The molecule has 7 atom stereocenters. The Labute approximate surface area is 241 Å². The standard InChI is InChI=1S/C31H41ClN2O6/c1-6-9-10-13-17-39-29(38)25-24-27(36)34(21(8-3)19-35)26(31(24)18-20(4)30(25,5)40-31)28(37)33(16-7-2)23-15-12-11-14-22(23)32/h6-7,11-12,14-15,20-21,24-26,35H,1-2,8-10,13,16-19H2,3-5H3/t20?,21-,24-,25-,26?,30+,31?/m0/s1. The lowest BCUT2D eigenvalue weighted by Gasteiger charge is -2.39. The van der Waals surface area contributed by atoms with Gasteiger partial charge in [0.05, 0.1) is 41.5 Å². The monoisotopic (exact) mass is 572 g/mol. The van der Waals surface area contributed by atoms with E-state index in [9.17, 15) is 19.5 Å². The van der Waals surface area contributed by atoms with Crippen LogP contribution in [0.5, 0.6) is 0 Å². The topological polar surface area (TPSA) is 96.4 Å². The van der Waals surface area contributed by atoms with Crippen LogP contribution < -0.4 is 4.90 Å². The number of nitrogens with zero attached hydrogens (tertiary/aromatic N) is 2. The second kappa shape index (κ2) is 12.0. The molecule has 3 heterocycles. The Bertz CT molecular complexity index is 1150. The zero-order valence-electron chi connectivity index (χ0n) is 23.7. The molecule has 3 saturated heterocycles. The third-order valence-electron chi connectivity index (χ3n) is 9.08. The largest absolute Gasteiger partial charge is 0.465 e. The van der Waals surface area contributed by atoms with Crippen molar-refractivity contribution < 1.29 is 29.0 Å². The lowest BCUT2D eigenvalue weighted by atomic mass is 9.62. The van der Waals surface area contributed by atoms with Gasteiger partial charge < -0.3 is 24.4 Å². The maximum absolute atomic E-state index is 14.6. The van der Waals surface area contributed by atoms with E-state index < -0.39 is 41.1 Å². The minimum atomic E-state index is -1.25. The first kappa shape index (κ1) is 30.3. The second-order valence-electron chi connectivity index (χ2n) is 11.3. The van der Waals surface area contributed by atoms with Gasteiger partial charge in [0.1, 0.15) is 17.6 Å². The number of rotatable bonds is 13. The molecule has 1 N–H and O–H groups in total. The predicted octanol–water partition coefficient (Wildman–Crippen LogP) is 4.54. The van der Waals surface area contributed by atoms with Crippen molar-refractivity contribution in [1.29, 1.82) is 0 Å². The van der Waals surface area contributed by atoms with Crippen LogP contribution in [0.1, 0.15) is 52.9 Å². The Morgan fingerprint density at radius 1 is 1.30 bits per heavy atom. The van der Waals surface area contributed by atoms with Crippen LogP contribution in [0.3, 0.4) is 0 Å². The molecule has 2 bridgehead atoms. The Morgan fingerprint density at radius 3 is 2.65 bits per heavy atom. The van der Waals surface area contributed by atoms with E-state index in [-0.39, 0.29) is 37.5 Å². The number of halogens is 1. The minimum Gasteiger partial charge on any atom is -0.465 e. The summed E-state index contributed by atoms with van der Waals surface area (Å²) < 4.78 is 12.5. The van der Waals surface area contributed by atoms with Gasteiger partial charge in [-0.05, 0) is 57.1 Å². The highest BCUT2D eigenvalue weighted by Gasteiger charge is 2.80. The molecule has 3 fully saturated rings. The van der Waals surface area contributed by atoms with Crippen molar-refractivity contribution in [2.24, 2.45) is 17.8 Å². The van der Waals surface area contributed by atoms with Crippen molar-refractivity contribution in [3.63, 3.8) is 0 Å². The Morgan fingerprint density at radius 2 is 2.02 bits per heavy atom. The lowest BCUT2D eigenvalue weighted by molar-refractivity contribution is -0.162. The van der Waals surface area contributed by atoms with Crippen molar-refractivity contribution in [2.45, 2.75) is 76.2 Å². The number of benzene rings is 1. The molecule has 3 unspecified atom stereocenters. The number of amides is 2. The lowest BCUT2D eigenvalue weighted by Crippen LogP contribution is -2.59. The molecule has 0 aromatic heterocycles. The van der Waals surface area contributed by atoms with Gasteiger partial charge in [-0.2, -0.15) is 0 Å². The van der Waals surface area contributed by atoms with Crippen LogP contribution in [-0.2, 0) is 23.9 Å². The molecule has 1 spiro atoms. The van der Waals surface area contributed by atoms with E-state index in [1.807, 2.05) is 26.8 Å². The third kappa shape index (κ3) is 4.78. The quantitative estimate of drug-likeness (QED) is 0.212. The summed E-state index contributed by atoms with van der Waals surface area (Å²) in [5, 5.41) is 10.7. The maximum atomic E-state index is 14.6. The van der Waals surface area contributed by atoms with Gasteiger partial charge in [0, 0.05) is 6.54 Å². The average molecular weight is 573 g/mol. The van der Waals surface area contributed by atoms with Gasteiger partial charge in [0.25, 0.3) is 5.91 Å². The average Bonchev–Trinajstić information content (AvgIpc) is 3.45. The van der Waals surface area contributed by atoms with Crippen LogP contribution in [0, 0.1) is 17.8 Å². The van der Waals surface area contributed by atoms with E-state index >= 15 is 0 Å². The number of likely N-dealkylation sites (tertiary alicyclic amines) is 1. The van der Waals surface area contributed by atoms with Crippen molar-refractivity contribution in [1.82, 2.24) is 4.90 Å². The second-order valence-corrected chi connectivity index (χ2v) is 11.7. The SMILES string of the molecule is C=CCCCCOC(=O)[C@@H]1[C@H]2C(=O)N([C@@H](CC)CO)C(C(=O)N(CC=C)c3ccccc3Cl)C23CC(C)[C@@]1(C)O3. The summed E-state index contributed by atoms with van der Waals surface area (Å²) in [6, 6.07) is 5.32. The van der Waals surface area contributed by atoms with E-state index in [1.165, 1.54) is 9.80 Å². The van der Waals surface area contributed by atoms with Crippen LogP contribution in [0.4, 0.5) is 5.69 Å². The summed E-state index contributed by atoms with van der Waals surface area (Å²) in [5.41, 5.74) is -1.74. The number of esters is 1. The Hall–Kier alpha value is -2.68. The molecule has 9 heteroatoms. The first-order chi connectivity index (χ1) is 19.1.